The van der Waals surface area contributed by atoms with Crippen molar-refractivity contribution in [1.82, 2.24) is 14.0 Å². The van der Waals surface area contributed by atoms with Crippen LogP contribution in [0.3, 0.4) is 0 Å². The predicted octanol–water partition coefficient (Wildman–Crippen LogP) is 3.46. The van der Waals surface area contributed by atoms with Gasteiger partial charge in [-0.2, -0.15) is 17.5 Å². The average Bonchev–Trinajstić information content (AvgIpc) is 3.11. The molecular formula is C24H21F3N4O5S2. The monoisotopic (exact) mass is 566 g/mol. The maximum atomic E-state index is 13.2. The summed E-state index contributed by atoms with van der Waals surface area (Å²) in [6, 6.07) is 12.4. The number of hydrogen-bond acceptors (Lipinski definition) is 7. The average molecular weight is 567 g/mol. The molecule has 2 aliphatic heterocycles. The van der Waals surface area contributed by atoms with Gasteiger partial charge in [0, 0.05) is 25.3 Å². The molecular weight excluding hydrogens is 545 g/mol. The molecule has 38 heavy (non-hydrogen) atoms. The summed E-state index contributed by atoms with van der Waals surface area (Å²) in [7, 11) is -7.65. The van der Waals surface area contributed by atoms with Crippen LogP contribution in [0.5, 0.6) is 0 Å². The number of hydrogen-bond donors (Lipinski definition) is 2. The molecule has 5 rings (SSSR count). The molecule has 9 nitrogen and oxygen atoms in total. The van der Waals surface area contributed by atoms with Gasteiger partial charge < -0.3 is 5.32 Å². The summed E-state index contributed by atoms with van der Waals surface area (Å²) in [5, 5.41) is 3.06. The smallest absolute Gasteiger partial charge is 0.367 e. The van der Waals surface area contributed by atoms with Gasteiger partial charge >= 0.3 is 6.18 Å². The molecule has 2 aromatic carbocycles. The van der Waals surface area contributed by atoms with Crippen LogP contribution in [0.25, 0.3) is 11.1 Å². The number of sulfonamides is 2. The minimum Gasteiger partial charge on any atom is -0.367 e. The highest BCUT2D eigenvalue weighted by atomic mass is 32.2. The number of pyridine rings is 1. The van der Waals surface area contributed by atoms with Crippen LogP contribution in [-0.2, 0) is 26.2 Å². The standard InChI is InChI=1S/C24H21F3N4O5S2/c25-24(26,27)17-4-8-22(28-14-17)29-18-9-11-31(12-10-18)38(35,36)19-5-1-15(2-6-19)16-3-7-21-20(13-16)23(32)30-37(21,33)34/h1-8,13-14,18H,9-12H2,(H,28,29)(H,30,32). The third-order valence-corrected chi connectivity index (χ3v) is 9.76. The molecule has 1 fully saturated rings. The Morgan fingerprint density at radius 3 is 2.24 bits per heavy atom. The van der Waals surface area contributed by atoms with Gasteiger partial charge in [0.15, 0.2) is 0 Å². The zero-order valence-corrected chi connectivity index (χ0v) is 21.2. The maximum absolute atomic E-state index is 13.2. The summed E-state index contributed by atoms with van der Waals surface area (Å²) in [6.45, 7) is 0.438. The second-order valence-corrected chi connectivity index (χ2v) is 12.5. The lowest BCUT2D eigenvalue weighted by atomic mass is 10.0. The van der Waals surface area contributed by atoms with E-state index < -0.39 is 37.7 Å². The Hall–Kier alpha value is -3.49. The molecule has 0 atom stereocenters. The summed E-state index contributed by atoms with van der Waals surface area (Å²) in [5.41, 5.74) is 0.353. The third kappa shape index (κ3) is 4.98. The summed E-state index contributed by atoms with van der Waals surface area (Å²) in [6.07, 6.45) is -2.82. The number of nitrogens with zero attached hydrogens (tertiary/aromatic N) is 2. The summed E-state index contributed by atoms with van der Waals surface area (Å²) in [4.78, 5) is 15.8. The van der Waals surface area contributed by atoms with E-state index in [4.69, 9.17) is 0 Å². The van der Waals surface area contributed by atoms with E-state index in [-0.39, 0.29) is 40.3 Å². The molecule has 2 aliphatic rings. The molecule has 1 saturated heterocycles. The molecule has 0 saturated carbocycles. The molecule has 0 spiro atoms. The van der Waals surface area contributed by atoms with Crippen LogP contribution in [0.1, 0.15) is 28.8 Å². The van der Waals surface area contributed by atoms with Crippen LogP contribution in [0.2, 0.25) is 0 Å². The van der Waals surface area contributed by atoms with Crippen LogP contribution in [0, 0.1) is 0 Å². The van der Waals surface area contributed by atoms with Crippen LogP contribution in [0.15, 0.2) is 70.6 Å². The number of nitrogens with one attached hydrogen (secondary N) is 2. The number of carbonyl (C=O) groups is 1. The second kappa shape index (κ2) is 9.36. The molecule has 0 bridgehead atoms. The van der Waals surface area contributed by atoms with Gasteiger partial charge in [0.25, 0.3) is 15.9 Å². The van der Waals surface area contributed by atoms with Crippen LogP contribution >= 0.6 is 0 Å². The van der Waals surface area contributed by atoms with E-state index in [1.807, 2.05) is 4.72 Å². The Balaban J connectivity index is 1.24. The fraction of sp³-hybridized carbons (Fsp3) is 0.250. The molecule has 200 valence electrons. The Morgan fingerprint density at radius 1 is 0.974 bits per heavy atom. The van der Waals surface area contributed by atoms with Gasteiger partial charge in [0.05, 0.1) is 16.0 Å². The van der Waals surface area contributed by atoms with Crippen molar-refractivity contribution in [1.29, 1.82) is 0 Å². The first kappa shape index (κ1) is 26.1. The fourth-order valence-corrected chi connectivity index (χ4v) is 7.04. The van der Waals surface area contributed by atoms with Gasteiger partial charge in [0.1, 0.15) is 10.7 Å². The number of alkyl halides is 3. The second-order valence-electron chi connectivity index (χ2n) is 8.92. The zero-order chi connectivity index (χ0) is 27.3. The lowest BCUT2D eigenvalue weighted by molar-refractivity contribution is -0.137. The first-order valence-electron chi connectivity index (χ1n) is 11.5. The number of rotatable bonds is 5. The molecule has 2 N–H and O–H groups in total. The number of carbonyl (C=O) groups excluding carboxylic acids is 1. The maximum Gasteiger partial charge on any atom is 0.417 e. The van der Waals surface area contributed by atoms with Gasteiger partial charge in [-0.25, -0.2) is 26.5 Å². The van der Waals surface area contributed by atoms with Gasteiger partial charge in [-0.15, -0.1) is 0 Å². The predicted molar refractivity (Wildman–Crippen MR) is 131 cm³/mol. The van der Waals surface area contributed by atoms with Crippen LogP contribution in [0.4, 0.5) is 19.0 Å². The Morgan fingerprint density at radius 2 is 1.63 bits per heavy atom. The molecule has 3 aromatic rings. The van der Waals surface area contributed by atoms with E-state index in [1.165, 1.54) is 34.6 Å². The minimum absolute atomic E-state index is 0.0298. The molecule has 3 heterocycles. The number of halogens is 3. The van der Waals surface area contributed by atoms with Crippen molar-refractivity contribution < 1.29 is 34.8 Å². The topological polar surface area (TPSA) is 126 Å². The number of aromatic nitrogens is 1. The molecule has 0 aliphatic carbocycles. The van der Waals surface area contributed by atoms with Crippen LogP contribution < -0.4 is 10.0 Å². The van der Waals surface area contributed by atoms with Gasteiger partial charge in [-0.1, -0.05) is 18.2 Å². The number of anilines is 1. The Labute approximate surface area is 216 Å². The SMILES string of the molecule is O=C1NS(=O)(=O)c2ccc(-c3ccc(S(=O)(=O)N4CCC(Nc5ccc(C(F)(F)F)cn5)CC4)cc3)cc21. The van der Waals surface area contributed by atoms with E-state index in [2.05, 4.69) is 10.3 Å². The van der Waals surface area contributed by atoms with Crippen LogP contribution in [-0.4, -0.2) is 51.2 Å². The highest BCUT2D eigenvalue weighted by molar-refractivity contribution is 7.90. The Kier molecular flexibility index (Phi) is 6.44. The van der Waals surface area contributed by atoms with Crippen molar-refractivity contribution >= 4 is 31.8 Å². The minimum atomic E-state index is -4.47. The van der Waals surface area contributed by atoms with Crippen molar-refractivity contribution in [2.45, 2.75) is 34.9 Å². The van der Waals surface area contributed by atoms with Gasteiger partial charge in [-0.05, 0) is 60.4 Å². The Bertz CT molecular complexity index is 1600. The van der Waals surface area contributed by atoms with Crippen molar-refractivity contribution in [3.05, 3.63) is 71.9 Å². The quantitative estimate of drug-likeness (QED) is 0.485. The van der Waals surface area contributed by atoms with Gasteiger partial charge in [0.2, 0.25) is 10.0 Å². The normalized spacial score (nSPS) is 18.1. The molecule has 0 unspecified atom stereocenters. The third-order valence-electron chi connectivity index (χ3n) is 6.46. The van der Waals surface area contributed by atoms with E-state index >= 15 is 0 Å². The molecule has 1 aromatic heterocycles. The van der Waals surface area contributed by atoms with E-state index in [0.29, 0.717) is 24.0 Å². The number of fused-ring (bicyclic) bond motifs is 1. The largest absolute Gasteiger partial charge is 0.417 e. The summed E-state index contributed by atoms with van der Waals surface area (Å²) < 4.78 is 91.6. The van der Waals surface area contributed by atoms with E-state index in [1.54, 1.807) is 18.2 Å². The van der Waals surface area contributed by atoms with Crippen molar-refractivity contribution in [3.63, 3.8) is 0 Å². The summed E-state index contributed by atoms with van der Waals surface area (Å²) in [5.74, 6) is -0.426. The highest BCUT2D eigenvalue weighted by Gasteiger charge is 2.33. The zero-order valence-electron chi connectivity index (χ0n) is 19.6. The number of piperidine rings is 1. The number of amides is 1. The number of benzene rings is 2. The first-order valence-corrected chi connectivity index (χ1v) is 14.4. The molecule has 1 amide bonds. The van der Waals surface area contributed by atoms with E-state index in [0.717, 1.165) is 12.3 Å². The first-order chi connectivity index (χ1) is 17.8. The van der Waals surface area contributed by atoms with Crippen molar-refractivity contribution in [2.24, 2.45) is 0 Å². The molecule has 0 radical (unpaired) electrons. The lowest BCUT2D eigenvalue weighted by Crippen LogP contribution is -2.42. The summed E-state index contributed by atoms with van der Waals surface area (Å²) >= 11 is 0. The fourth-order valence-electron chi connectivity index (χ4n) is 4.42. The van der Waals surface area contributed by atoms with Gasteiger partial charge in [-0.3, -0.25) is 4.79 Å². The lowest BCUT2D eigenvalue weighted by Gasteiger charge is -2.32. The van der Waals surface area contributed by atoms with Crippen molar-refractivity contribution in [2.75, 3.05) is 18.4 Å². The van der Waals surface area contributed by atoms with Crippen molar-refractivity contribution in [3.8, 4) is 11.1 Å². The molecule has 14 heteroatoms. The highest BCUT2D eigenvalue weighted by Crippen LogP contribution is 2.31. The van der Waals surface area contributed by atoms with E-state index in [9.17, 15) is 34.8 Å².